The fourth-order valence-electron chi connectivity index (χ4n) is 2.80. The standard InChI is InChI=1S/C18H19FN6/c1-20-16-5-14-4-12(2-3-13(14)6-23-16)15-7-21-8-17(25-15)24-11-18(19)9-22-10-18/h2-8,22H,9-11H2,1H3,(H,20,23)(H,24,25). The molecule has 128 valence electrons. The van der Waals surface area contributed by atoms with Crippen molar-refractivity contribution in [3.05, 3.63) is 42.9 Å². The van der Waals surface area contributed by atoms with Crippen molar-refractivity contribution in [2.75, 3.05) is 37.3 Å². The molecule has 0 atom stereocenters. The van der Waals surface area contributed by atoms with E-state index in [4.69, 9.17) is 0 Å². The largest absolute Gasteiger partial charge is 0.373 e. The molecule has 3 N–H and O–H groups in total. The van der Waals surface area contributed by atoms with Crippen molar-refractivity contribution in [3.8, 4) is 11.3 Å². The number of halogens is 1. The van der Waals surface area contributed by atoms with Crippen molar-refractivity contribution in [3.63, 3.8) is 0 Å². The van der Waals surface area contributed by atoms with Crippen LogP contribution in [0, 0.1) is 0 Å². The van der Waals surface area contributed by atoms with Crippen LogP contribution in [-0.2, 0) is 0 Å². The SMILES string of the molecule is CNc1cc2cc(-c3cncc(NCC4(F)CNC4)n3)ccc2cn1. The molecule has 2 aromatic heterocycles. The van der Waals surface area contributed by atoms with Crippen LogP contribution in [0.1, 0.15) is 0 Å². The number of fused-ring (bicyclic) bond motifs is 1. The molecule has 3 heterocycles. The Morgan fingerprint density at radius 1 is 1.12 bits per heavy atom. The Kier molecular flexibility index (Phi) is 3.93. The van der Waals surface area contributed by atoms with Crippen molar-refractivity contribution < 1.29 is 4.39 Å². The first-order chi connectivity index (χ1) is 12.1. The average Bonchev–Trinajstić information content (AvgIpc) is 2.64. The summed E-state index contributed by atoms with van der Waals surface area (Å²) >= 11 is 0. The van der Waals surface area contributed by atoms with Gasteiger partial charge in [0.05, 0.1) is 24.6 Å². The first-order valence-electron chi connectivity index (χ1n) is 8.19. The molecule has 4 rings (SSSR count). The van der Waals surface area contributed by atoms with E-state index >= 15 is 0 Å². The lowest BCUT2D eigenvalue weighted by atomic mass is 10.00. The molecule has 7 heteroatoms. The molecule has 0 unspecified atom stereocenters. The van der Waals surface area contributed by atoms with Crippen molar-refractivity contribution in [1.82, 2.24) is 20.3 Å². The molecule has 0 radical (unpaired) electrons. The van der Waals surface area contributed by atoms with E-state index in [2.05, 4.69) is 37.0 Å². The molecule has 0 saturated carbocycles. The van der Waals surface area contributed by atoms with Crippen LogP contribution in [-0.4, -0.2) is 47.3 Å². The third-order valence-electron chi connectivity index (χ3n) is 4.38. The summed E-state index contributed by atoms with van der Waals surface area (Å²) in [5.41, 5.74) is 0.503. The molecule has 25 heavy (non-hydrogen) atoms. The fourth-order valence-corrected chi connectivity index (χ4v) is 2.80. The Morgan fingerprint density at radius 2 is 2.00 bits per heavy atom. The Morgan fingerprint density at radius 3 is 2.76 bits per heavy atom. The van der Waals surface area contributed by atoms with E-state index in [9.17, 15) is 4.39 Å². The second-order valence-corrected chi connectivity index (χ2v) is 6.28. The summed E-state index contributed by atoms with van der Waals surface area (Å²) in [5.74, 6) is 1.39. The van der Waals surface area contributed by atoms with Gasteiger partial charge in [-0.2, -0.15) is 0 Å². The quantitative estimate of drug-likeness (QED) is 0.664. The number of anilines is 2. The molecule has 1 fully saturated rings. The molecular weight excluding hydrogens is 319 g/mol. The average molecular weight is 338 g/mol. The molecular formula is C18H19FN6. The summed E-state index contributed by atoms with van der Waals surface area (Å²) < 4.78 is 14.1. The lowest BCUT2D eigenvalue weighted by Gasteiger charge is -2.35. The van der Waals surface area contributed by atoms with Crippen molar-refractivity contribution in [1.29, 1.82) is 0 Å². The molecule has 0 aliphatic carbocycles. The van der Waals surface area contributed by atoms with Gasteiger partial charge in [0, 0.05) is 37.3 Å². The molecule has 1 aliphatic heterocycles. The summed E-state index contributed by atoms with van der Waals surface area (Å²) in [5, 5.41) is 11.2. The van der Waals surface area contributed by atoms with Crippen LogP contribution in [0.15, 0.2) is 42.9 Å². The van der Waals surface area contributed by atoms with E-state index < -0.39 is 5.67 Å². The molecule has 1 saturated heterocycles. The Labute approximate surface area is 144 Å². The molecule has 0 amide bonds. The van der Waals surface area contributed by atoms with E-state index in [1.807, 2.05) is 31.4 Å². The number of alkyl halides is 1. The van der Waals surface area contributed by atoms with Crippen molar-refractivity contribution in [2.45, 2.75) is 5.67 Å². The number of hydrogen-bond donors (Lipinski definition) is 3. The van der Waals surface area contributed by atoms with E-state index in [1.165, 1.54) is 0 Å². The van der Waals surface area contributed by atoms with E-state index in [1.54, 1.807) is 12.4 Å². The maximum atomic E-state index is 14.1. The molecule has 1 aromatic carbocycles. The highest BCUT2D eigenvalue weighted by molar-refractivity contribution is 5.88. The highest BCUT2D eigenvalue weighted by Crippen LogP contribution is 2.25. The van der Waals surface area contributed by atoms with E-state index in [-0.39, 0.29) is 6.54 Å². The van der Waals surface area contributed by atoms with Gasteiger partial charge in [0.15, 0.2) is 5.67 Å². The van der Waals surface area contributed by atoms with E-state index in [0.29, 0.717) is 18.9 Å². The Balaban J connectivity index is 1.60. The fraction of sp³-hybridized carbons (Fsp3) is 0.278. The summed E-state index contributed by atoms with van der Waals surface area (Å²) in [7, 11) is 1.84. The number of aromatic nitrogens is 3. The first-order valence-corrected chi connectivity index (χ1v) is 8.19. The van der Waals surface area contributed by atoms with Gasteiger partial charge in [-0.25, -0.2) is 14.4 Å². The number of benzene rings is 1. The number of pyridine rings is 1. The predicted molar refractivity (Wildman–Crippen MR) is 97.5 cm³/mol. The van der Waals surface area contributed by atoms with Gasteiger partial charge in [-0.3, -0.25) is 4.98 Å². The summed E-state index contributed by atoms with van der Waals surface area (Å²) in [6.45, 7) is 0.978. The van der Waals surface area contributed by atoms with Crippen LogP contribution in [0.4, 0.5) is 16.0 Å². The normalized spacial score (nSPS) is 15.6. The monoisotopic (exact) mass is 338 g/mol. The highest BCUT2D eigenvalue weighted by Gasteiger charge is 2.36. The second-order valence-electron chi connectivity index (χ2n) is 6.28. The summed E-state index contributed by atoms with van der Waals surface area (Å²) in [6.07, 6.45) is 5.16. The number of hydrogen-bond acceptors (Lipinski definition) is 6. The Bertz CT molecular complexity index is 909. The molecule has 0 spiro atoms. The number of nitrogens with one attached hydrogen (secondary N) is 3. The summed E-state index contributed by atoms with van der Waals surface area (Å²) in [4.78, 5) is 13.1. The van der Waals surface area contributed by atoms with Gasteiger partial charge in [0.2, 0.25) is 0 Å². The van der Waals surface area contributed by atoms with Gasteiger partial charge >= 0.3 is 0 Å². The summed E-state index contributed by atoms with van der Waals surface area (Å²) in [6, 6.07) is 8.04. The molecule has 1 aliphatic rings. The molecule has 3 aromatic rings. The highest BCUT2D eigenvalue weighted by atomic mass is 19.1. The van der Waals surface area contributed by atoms with Gasteiger partial charge in [-0.1, -0.05) is 12.1 Å². The van der Waals surface area contributed by atoms with Crippen LogP contribution in [0.3, 0.4) is 0 Å². The minimum atomic E-state index is -1.20. The maximum absolute atomic E-state index is 14.1. The van der Waals surface area contributed by atoms with Gasteiger partial charge < -0.3 is 16.0 Å². The third-order valence-corrected chi connectivity index (χ3v) is 4.38. The van der Waals surface area contributed by atoms with Crippen LogP contribution in [0.25, 0.3) is 22.0 Å². The molecule has 6 nitrogen and oxygen atoms in total. The van der Waals surface area contributed by atoms with Crippen LogP contribution >= 0.6 is 0 Å². The van der Waals surface area contributed by atoms with Crippen LogP contribution < -0.4 is 16.0 Å². The number of nitrogens with zero attached hydrogens (tertiary/aromatic N) is 3. The first kappa shape index (κ1) is 15.7. The third kappa shape index (κ3) is 3.23. The zero-order valence-electron chi connectivity index (χ0n) is 13.9. The minimum absolute atomic E-state index is 0.229. The smallest absolute Gasteiger partial charge is 0.152 e. The van der Waals surface area contributed by atoms with E-state index in [0.717, 1.165) is 27.8 Å². The maximum Gasteiger partial charge on any atom is 0.152 e. The second kappa shape index (κ2) is 6.25. The van der Waals surface area contributed by atoms with Crippen LogP contribution in [0.2, 0.25) is 0 Å². The zero-order valence-corrected chi connectivity index (χ0v) is 13.9. The topological polar surface area (TPSA) is 74.8 Å². The zero-order chi connectivity index (χ0) is 17.3. The van der Waals surface area contributed by atoms with Crippen molar-refractivity contribution >= 4 is 22.4 Å². The predicted octanol–water partition coefficient (Wildman–Crippen LogP) is 2.46. The minimum Gasteiger partial charge on any atom is -0.373 e. The number of rotatable bonds is 5. The van der Waals surface area contributed by atoms with Crippen LogP contribution in [0.5, 0.6) is 0 Å². The lowest BCUT2D eigenvalue weighted by Crippen LogP contribution is -2.59. The van der Waals surface area contributed by atoms with Gasteiger partial charge in [-0.15, -0.1) is 0 Å². The Hall–Kier alpha value is -2.80. The van der Waals surface area contributed by atoms with Gasteiger partial charge in [0.25, 0.3) is 0 Å². The van der Waals surface area contributed by atoms with Crippen molar-refractivity contribution in [2.24, 2.45) is 0 Å². The van der Waals surface area contributed by atoms with Gasteiger partial charge in [-0.05, 0) is 17.5 Å². The van der Waals surface area contributed by atoms with Gasteiger partial charge in [0.1, 0.15) is 11.6 Å². The molecule has 0 bridgehead atoms. The lowest BCUT2D eigenvalue weighted by molar-refractivity contribution is 0.106.